The lowest BCUT2D eigenvalue weighted by atomic mass is 9.85. The molecule has 0 amide bonds. The van der Waals surface area contributed by atoms with Gasteiger partial charge in [-0.15, -0.1) is 0 Å². The molecule has 1 aromatic carbocycles. The van der Waals surface area contributed by atoms with Crippen LogP contribution in [0.2, 0.25) is 0 Å². The zero-order chi connectivity index (χ0) is 14.3. The number of hydrogen-bond acceptors (Lipinski definition) is 1. The summed E-state index contributed by atoms with van der Waals surface area (Å²) in [6, 6.07) is 10.8. The minimum atomic E-state index is 0.644. The Hall–Kier alpha value is -0.820. The van der Waals surface area contributed by atoms with Crippen LogP contribution in [0.15, 0.2) is 30.3 Å². The van der Waals surface area contributed by atoms with E-state index in [2.05, 4.69) is 70.3 Å². The maximum Gasteiger partial charge on any atom is -0.00156 e. The molecule has 1 nitrogen and oxygen atoms in total. The standard InChI is InChI=1S/C18H31N/c1-14(2)18(15(3)4)13-19-12-11-16(5)17-9-7-6-8-10-17/h6-10,14-16,18-19H,11-13H2,1-5H3. The zero-order valence-electron chi connectivity index (χ0n) is 13.3. The predicted molar refractivity (Wildman–Crippen MR) is 85.5 cm³/mol. The van der Waals surface area contributed by atoms with Crippen LogP contribution in [0.4, 0.5) is 0 Å². The molecule has 0 saturated heterocycles. The van der Waals surface area contributed by atoms with Gasteiger partial charge in [-0.2, -0.15) is 0 Å². The van der Waals surface area contributed by atoms with Gasteiger partial charge in [-0.05, 0) is 48.7 Å². The van der Waals surface area contributed by atoms with Crippen molar-refractivity contribution in [1.29, 1.82) is 0 Å². The van der Waals surface area contributed by atoms with Crippen molar-refractivity contribution in [2.45, 2.75) is 47.0 Å². The van der Waals surface area contributed by atoms with Crippen LogP contribution in [0, 0.1) is 17.8 Å². The highest BCUT2D eigenvalue weighted by Gasteiger charge is 2.16. The topological polar surface area (TPSA) is 12.0 Å². The Kier molecular flexibility index (Phi) is 7.15. The molecule has 1 N–H and O–H groups in total. The van der Waals surface area contributed by atoms with Gasteiger partial charge in [-0.1, -0.05) is 65.0 Å². The number of benzene rings is 1. The van der Waals surface area contributed by atoms with Gasteiger partial charge in [0, 0.05) is 0 Å². The average Bonchev–Trinajstić information content (AvgIpc) is 2.38. The van der Waals surface area contributed by atoms with Gasteiger partial charge < -0.3 is 5.32 Å². The molecule has 1 rings (SSSR count). The second-order valence-corrected chi connectivity index (χ2v) is 6.46. The van der Waals surface area contributed by atoms with Crippen LogP contribution in [0.5, 0.6) is 0 Å². The van der Waals surface area contributed by atoms with Crippen LogP contribution < -0.4 is 5.32 Å². The predicted octanol–water partition coefficient (Wildman–Crippen LogP) is 4.70. The fourth-order valence-electron chi connectivity index (χ4n) is 2.78. The molecular weight excluding hydrogens is 230 g/mol. The Morgan fingerprint density at radius 1 is 0.895 bits per heavy atom. The molecule has 1 heteroatoms. The number of nitrogens with one attached hydrogen (secondary N) is 1. The van der Waals surface area contributed by atoms with Gasteiger partial charge in [0.2, 0.25) is 0 Å². The molecule has 0 aromatic heterocycles. The van der Waals surface area contributed by atoms with E-state index >= 15 is 0 Å². The van der Waals surface area contributed by atoms with Crippen LogP contribution in [0.3, 0.4) is 0 Å². The van der Waals surface area contributed by atoms with Gasteiger partial charge in [0.05, 0.1) is 0 Å². The average molecular weight is 261 g/mol. The van der Waals surface area contributed by atoms with Gasteiger partial charge in [-0.25, -0.2) is 0 Å². The third-order valence-corrected chi connectivity index (χ3v) is 4.22. The highest BCUT2D eigenvalue weighted by atomic mass is 14.9. The summed E-state index contributed by atoms with van der Waals surface area (Å²) in [4.78, 5) is 0. The SMILES string of the molecule is CC(CCNCC(C(C)C)C(C)C)c1ccccc1. The molecular formula is C18H31N. The van der Waals surface area contributed by atoms with Gasteiger partial charge in [0.25, 0.3) is 0 Å². The molecule has 0 fully saturated rings. The third kappa shape index (κ3) is 5.78. The summed E-state index contributed by atoms with van der Waals surface area (Å²) in [5, 5.41) is 3.65. The van der Waals surface area contributed by atoms with Crippen molar-refractivity contribution >= 4 is 0 Å². The Balaban J connectivity index is 2.27. The molecule has 0 bridgehead atoms. The normalized spacial score (nSPS) is 13.5. The molecule has 0 aliphatic rings. The van der Waals surface area contributed by atoms with Gasteiger partial charge >= 0.3 is 0 Å². The van der Waals surface area contributed by atoms with E-state index in [1.54, 1.807) is 0 Å². The quantitative estimate of drug-likeness (QED) is 0.669. The van der Waals surface area contributed by atoms with Crippen molar-refractivity contribution in [1.82, 2.24) is 5.32 Å². The molecule has 0 saturated carbocycles. The number of hydrogen-bond donors (Lipinski definition) is 1. The van der Waals surface area contributed by atoms with E-state index in [4.69, 9.17) is 0 Å². The molecule has 0 heterocycles. The van der Waals surface area contributed by atoms with Crippen LogP contribution in [-0.4, -0.2) is 13.1 Å². The van der Waals surface area contributed by atoms with Gasteiger partial charge in [0.15, 0.2) is 0 Å². The summed E-state index contributed by atoms with van der Waals surface area (Å²) in [5.74, 6) is 2.95. The monoisotopic (exact) mass is 261 g/mol. The van der Waals surface area contributed by atoms with E-state index in [0.717, 1.165) is 30.8 Å². The van der Waals surface area contributed by atoms with Crippen molar-refractivity contribution in [3.05, 3.63) is 35.9 Å². The molecule has 0 aliphatic heterocycles. The summed E-state index contributed by atoms with van der Waals surface area (Å²) < 4.78 is 0. The largest absolute Gasteiger partial charge is 0.316 e. The molecule has 1 atom stereocenters. The Bertz CT molecular complexity index is 321. The van der Waals surface area contributed by atoms with Crippen molar-refractivity contribution in [3.63, 3.8) is 0 Å². The Labute approximate surface area is 119 Å². The zero-order valence-corrected chi connectivity index (χ0v) is 13.3. The van der Waals surface area contributed by atoms with Crippen molar-refractivity contribution in [2.24, 2.45) is 17.8 Å². The van der Waals surface area contributed by atoms with E-state index in [1.165, 1.54) is 12.0 Å². The van der Waals surface area contributed by atoms with E-state index in [0.29, 0.717) is 5.92 Å². The Morgan fingerprint density at radius 3 is 2.00 bits per heavy atom. The molecule has 1 unspecified atom stereocenters. The fourth-order valence-corrected chi connectivity index (χ4v) is 2.78. The maximum absolute atomic E-state index is 3.65. The summed E-state index contributed by atoms with van der Waals surface area (Å²) in [7, 11) is 0. The first-order valence-corrected chi connectivity index (χ1v) is 7.78. The second kappa shape index (κ2) is 8.37. The second-order valence-electron chi connectivity index (χ2n) is 6.46. The highest BCUT2D eigenvalue weighted by Crippen LogP contribution is 2.20. The lowest BCUT2D eigenvalue weighted by molar-refractivity contribution is 0.275. The molecule has 0 spiro atoms. The van der Waals surface area contributed by atoms with Gasteiger partial charge in [0.1, 0.15) is 0 Å². The van der Waals surface area contributed by atoms with E-state index in [9.17, 15) is 0 Å². The first-order valence-electron chi connectivity index (χ1n) is 7.78. The minimum Gasteiger partial charge on any atom is -0.316 e. The summed E-state index contributed by atoms with van der Waals surface area (Å²) in [5.41, 5.74) is 1.45. The van der Waals surface area contributed by atoms with Crippen LogP contribution in [0.1, 0.15) is 52.5 Å². The molecule has 19 heavy (non-hydrogen) atoms. The first kappa shape index (κ1) is 16.2. The highest BCUT2D eigenvalue weighted by molar-refractivity contribution is 5.18. The van der Waals surface area contributed by atoms with Gasteiger partial charge in [-0.3, -0.25) is 0 Å². The third-order valence-electron chi connectivity index (χ3n) is 4.22. The van der Waals surface area contributed by atoms with Crippen LogP contribution >= 0.6 is 0 Å². The minimum absolute atomic E-state index is 0.644. The van der Waals surface area contributed by atoms with E-state index < -0.39 is 0 Å². The summed E-state index contributed by atoms with van der Waals surface area (Å²) in [6.45, 7) is 13.9. The molecule has 0 aliphatic carbocycles. The number of rotatable bonds is 8. The van der Waals surface area contributed by atoms with Crippen molar-refractivity contribution in [3.8, 4) is 0 Å². The summed E-state index contributed by atoms with van der Waals surface area (Å²) in [6.07, 6.45) is 1.22. The van der Waals surface area contributed by atoms with Crippen molar-refractivity contribution in [2.75, 3.05) is 13.1 Å². The first-order chi connectivity index (χ1) is 9.02. The fraction of sp³-hybridized carbons (Fsp3) is 0.667. The Morgan fingerprint density at radius 2 is 1.47 bits per heavy atom. The molecule has 108 valence electrons. The maximum atomic E-state index is 3.65. The van der Waals surface area contributed by atoms with Crippen molar-refractivity contribution < 1.29 is 0 Å². The smallest absolute Gasteiger partial charge is 0.00156 e. The van der Waals surface area contributed by atoms with Crippen LogP contribution in [-0.2, 0) is 0 Å². The van der Waals surface area contributed by atoms with Crippen LogP contribution in [0.25, 0.3) is 0 Å². The van der Waals surface area contributed by atoms with E-state index in [-0.39, 0.29) is 0 Å². The lowest BCUT2D eigenvalue weighted by Crippen LogP contribution is -2.30. The summed E-state index contributed by atoms with van der Waals surface area (Å²) >= 11 is 0. The molecule has 1 aromatic rings. The lowest BCUT2D eigenvalue weighted by Gasteiger charge is -2.25. The van der Waals surface area contributed by atoms with E-state index in [1.807, 2.05) is 0 Å². The molecule has 0 radical (unpaired) electrons.